The zero-order valence-electron chi connectivity index (χ0n) is 22.2. The fourth-order valence-corrected chi connectivity index (χ4v) is 4.99. The van der Waals surface area contributed by atoms with E-state index in [2.05, 4.69) is 17.2 Å². The fraction of sp³-hybridized carbons (Fsp3) is 0.667. The van der Waals surface area contributed by atoms with Crippen molar-refractivity contribution in [1.82, 2.24) is 20.3 Å². The van der Waals surface area contributed by atoms with Crippen LogP contribution in [0.2, 0.25) is 0 Å². The third kappa shape index (κ3) is 8.56. The Hall–Kier alpha value is -2.93. The monoisotopic (exact) mass is 542 g/mol. The largest absolute Gasteiger partial charge is 0.444 e. The average molecular weight is 543 g/mol. The predicted molar refractivity (Wildman–Crippen MR) is 135 cm³/mol. The van der Waals surface area contributed by atoms with E-state index < -0.39 is 68.3 Å². The average Bonchev–Trinajstić information content (AvgIpc) is 3.51. The molecular formula is C24H38N4O8S. The first kappa shape index (κ1) is 30.3. The van der Waals surface area contributed by atoms with Gasteiger partial charge in [0.15, 0.2) is 0 Å². The Morgan fingerprint density at radius 3 is 2.19 bits per heavy atom. The number of alkyl carbamates (subject to hydrolysis) is 1. The lowest BCUT2D eigenvalue weighted by Gasteiger charge is -2.35. The molecule has 4 N–H and O–H groups in total. The second-order valence-corrected chi connectivity index (χ2v) is 13.3. The first-order valence-electron chi connectivity index (χ1n) is 12.0. The molecule has 1 saturated heterocycles. The summed E-state index contributed by atoms with van der Waals surface area (Å²) in [5.74, 6) is -2.47. The van der Waals surface area contributed by atoms with Crippen LogP contribution in [0.3, 0.4) is 0 Å². The van der Waals surface area contributed by atoms with E-state index in [0.29, 0.717) is 12.8 Å². The Bertz CT molecular complexity index is 1070. The van der Waals surface area contributed by atoms with Gasteiger partial charge in [0, 0.05) is 13.0 Å². The van der Waals surface area contributed by atoms with E-state index in [1.807, 2.05) is 4.72 Å². The minimum absolute atomic E-state index is 0.121. The number of amides is 4. The molecule has 0 unspecified atom stereocenters. The summed E-state index contributed by atoms with van der Waals surface area (Å²) in [6, 6.07) is -2.29. The number of carbonyl (C=O) groups excluding carboxylic acids is 4. The summed E-state index contributed by atoms with van der Waals surface area (Å²) in [7, 11) is -3.87. The highest BCUT2D eigenvalue weighted by atomic mass is 32.2. The van der Waals surface area contributed by atoms with Crippen LogP contribution in [0.1, 0.15) is 60.8 Å². The Morgan fingerprint density at radius 2 is 1.70 bits per heavy atom. The van der Waals surface area contributed by atoms with Crippen molar-refractivity contribution >= 4 is 33.8 Å². The van der Waals surface area contributed by atoms with E-state index >= 15 is 0 Å². The first-order chi connectivity index (χ1) is 16.9. The molecule has 1 heterocycles. The highest BCUT2D eigenvalue weighted by Gasteiger charge is 2.45. The Labute approximate surface area is 217 Å². The number of carbonyl (C=O) groups is 4. The number of likely N-dealkylation sites (tertiary alicyclic amines) is 1. The van der Waals surface area contributed by atoms with Crippen LogP contribution in [-0.4, -0.2) is 77.8 Å². The molecule has 1 saturated carbocycles. The number of nitrogens with zero attached hydrogens (tertiary/aromatic N) is 1. The number of hydrogen-bond acceptors (Lipinski definition) is 8. The van der Waals surface area contributed by atoms with Crippen molar-refractivity contribution in [3.05, 3.63) is 24.4 Å². The number of β-amino-alcohol motifs (C(OH)–C–C–N with tert-alkyl or cyclic N) is 1. The molecule has 0 aromatic rings. The van der Waals surface area contributed by atoms with E-state index in [1.165, 1.54) is 6.08 Å². The van der Waals surface area contributed by atoms with Gasteiger partial charge >= 0.3 is 6.09 Å². The third-order valence-corrected chi connectivity index (χ3v) is 7.44. The van der Waals surface area contributed by atoms with Gasteiger partial charge in [-0.2, -0.15) is 0 Å². The van der Waals surface area contributed by atoms with Gasteiger partial charge in [-0.3, -0.25) is 14.4 Å². The number of ether oxygens (including phenoxy) is 1. The van der Waals surface area contributed by atoms with E-state index in [4.69, 9.17) is 4.74 Å². The van der Waals surface area contributed by atoms with E-state index in [-0.39, 0.29) is 18.7 Å². The number of aliphatic hydroxyl groups is 1. The number of hydrogen-bond donors (Lipinski definition) is 4. The maximum atomic E-state index is 13.5. The van der Waals surface area contributed by atoms with Crippen molar-refractivity contribution in [2.75, 3.05) is 6.54 Å². The normalized spacial score (nSPS) is 21.6. The van der Waals surface area contributed by atoms with Gasteiger partial charge in [-0.1, -0.05) is 33.4 Å². The molecule has 2 aliphatic rings. The van der Waals surface area contributed by atoms with Crippen LogP contribution < -0.4 is 15.4 Å². The molecule has 0 aromatic heterocycles. The van der Waals surface area contributed by atoms with Crippen LogP contribution in [0, 0.1) is 5.41 Å². The molecular weight excluding hydrogens is 504 g/mol. The summed E-state index contributed by atoms with van der Waals surface area (Å²) < 4.78 is 31.5. The second kappa shape index (κ2) is 11.2. The standard InChI is InChI=1S/C24H38N4O8S/c1-8-9-16(19(30)27-37(34,35)15-10-11-15)25-20(31)17-12-14(29)13-28(17)21(32)18(23(2,3)4)26-22(33)36-24(5,6)7/h8-9,14-15,17-18,29H,1,10-13H2,2-7H3,(H,25,31)(H,26,33)(H,27,30)/b16-9+/t14-,17+,18-/m1/s1. The molecule has 3 atom stereocenters. The summed E-state index contributed by atoms with van der Waals surface area (Å²) in [4.78, 5) is 52.8. The van der Waals surface area contributed by atoms with Crippen LogP contribution in [0.5, 0.6) is 0 Å². The molecule has 2 fully saturated rings. The number of rotatable bonds is 8. The lowest BCUT2D eigenvalue weighted by Crippen LogP contribution is -2.58. The van der Waals surface area contributed by atoms with Crippen molar-refractivity contribution in [2.24, 2.45) is 5.41 Å². The lowest BCUT2D eigenvalue weighted by atomic mass is 9.85. The quantitative estimate of drug-likeness (QED) is 0.256. The molecule has 12 nitrogen and oxygen atoms in total. The van der Waals surface area contributed by atoms with Crippen LogP contribution >= 0.6 is 0 Å². The minimum atomic E-state index is -3.87. The number of allylic oxidation sites excluding steroid dienone is 2. The number of nitrogens with one attached hydrogen (secondary N) is 3. The van der Waals surface area contributed by atoms with Gasteiger partial charge in [-0.15, -0.1) is 0 Å². The smallest absolute Gasteiger partial charge is 0.408 e. The van der Waals surface area contributed by atoms with Crippen molar-refractivity contribution in [3.63, 3.8) is 0 Å². The summed E-state index contributed by atoms with van der Waals surface area (Å²) in [6.45, 7) is 13.5. The molecule has 13 heteroatoms. The molecule has 0 aromatic carbocycles. The fourth-order valence-electron chi connectivity index (χ4n) is 3.70. The SMILES string of the molecule is C=C/C=C(/NC(=O)[C@@H]1C[C@@H](O)CN1C(=O)[C@@H](NC(=O)OC(C)(C)C)C(C)(C)C)C(=O)NS(=O)(=O)C1CC1. The second-order valence-electron chi connectivity index (χ2n) is 11.3. The van der Waals surface area contributed by atoms with Gasteiger partial charge in [0.2, 0.25) is 21.8 Å². The van der Waals surface area contributed by atoms with Crippen LogP contribution in [0.15, 0.2) is 24.4 Å². The Morgan fingerprint density at radius 1 is 1.11 bits per heavy atom. The maximum Gasteiger partial charge on any atom is 0.408 e. The summed E-state index contributed by atoms with van der Waals surface area (Å²) in [5.41, 5.74) is -1.96. The molecule has 0 radical (unpaired) electrons. The lowest BCUT2D eigenvalue weighted by molar-refractivity contribution is -0.142. The summed E-state index contributed by atoms with van der Waals surface area (Å²) in [6.07, 6.45) is 1.26. The number of sulfonamides is 1. The van der Waals surface area contributed by atoms with Crippen LogP contribution in [-0.2, 0) is 29.1 Å². The van der Waals surface area contributed by atoms with Crippen molar-refractivity contribution in [3.8, 4) is 0 Å². The summed E-state index contributed by atoms with van der Waals surface area (Å²) in [5, 5.41) is 14.5. The van der Waals surface area contributed by atoms with Crippen molar-refractivity contribution in [1.29, 1.82) is 0 Å². The van der Waals surface area contributed by atoms with Gasteiger partial charge in [-0.25, -0.2) is 17.9 Å². The molecule has 4 amide bonds. The third-order valence-electron chi connectivity index (χ3n) is 5.62. The molecule has 1 aliphatic heterocycles. The molecule has 1 aliphatic carbocycles. The molecule has 2 rings (SSSR count). The van der Waals surface area contributed by atoms with Gasteiger partial charge in [0.1, 0.15) is 23.4 Å². The minimum Gasteiger partial charge on any atom is -0.444 e. The molecule has 0 spiro atoms. The number of aliphatic hydroxyl groups excluding tert-OH is 1. The zero-order valence-corrected chi connectivity index (χ0v) is 23.0. The van der Waals surface area contributed by atoms with Crippen molar-refractivity contribution in [2.45, 2.75) is 89.8 Å². The predicted octanol–water partition coefficient (Wildman–Crippen LogP) is 0.682. The molecule has 0 bridgehead atoms. The zero-order chi connectivity index (χ0) is 28.3. The topological polar surface area (TPSA) is 171 Å². The van der Waals surface area contributed by atoms with Crippen molar-refractivity contribution < 1.29 is 37.4 Å². The highest BCUT2D eigenvalue weighted by molar-refractivity contribution is 7.91. The Balaban J connectivity index is 2.22. The Kier molecular flexibility index (Phi) is 9.18. The first-order valence-corrected chi connectivity index (χ1v) is 13.6. The van der Waals surface area contributed by atoms with Gasteiger partial charge in [-0.05, 0) is 45.1 Å². The maximum absolute atomic E-state index is 13.5. The molecule has 208 valence electrons. The van der Waals surface area contributed by atoms with Crippen LogP contribution in [0.25, 0.3) is 0 Å². The van der Waals surface area contributed by atoms with E-state index in [0.717, 1.165) is 11.0 Å². The van der Waals surface area contributed by atoms with Gasteiger partial charge < -0.3 is 25.4 Å². The van der Waals surface area contributed by atoms with Gasteiger partial charge in [0.05, 0.1) is 11.4 Å². The van der Waals surface area contributed by atoms with E-state index in [9.17, 15) is 32.7 Å². The molecule has 37 heavy (non-hydrogen) atoms. The van der Waals surface area contributed by atoms with Crippen LogP contribution in [0.4, 0.5) is 4.79 Å². The highest BCUT2D eigenvalue weighted by Crippen LogP contribution is 2.28. The van der Waals surface area contributed by atoms with Gasteiger partial charge in [0.25, 0.3) is 5.91 Å². The summed E-state index contributed by atoms with van der Waals surface area (Å²) >= 11 is 0. The van der Waals surface area contributed by atoms with E-state index in [1.54, 1.807) is 41.5 Å².